The van der Waals surface area contributed by atoms with E-state index >= 15 is 0 Å². The normalized spacial score (nSPS) is 18.7. The molecule has 1 nitrogen and oxygen atoms in total. The fraction of sp³-hybridized carbons (Fsp3) is 0.611. The van der Waals surface area contributed by atoms with Gasteiger partial charge in [0.05, 0.1) is 18.4 Å². The second-order valence-corrected chi connectivity index (χ2v) is 9.20. The van der Waals surface area contributed by atoms with Gasteiger partial charge in [0.1, 0.15) is 5.30 Å². The summed E-state index contributed by atoms with van der Waals surface area (Å²) in [6.45, 7) is 0. The Kier molecular flexibility index (Phi) is 10.3. The predicted molar refractivity (Wildman–Crippen MR) is 96.7 cm³/mol. The standard InChI is InChI=1S/C17H25OP.CH2Cl.Pd/c1-18-16-12-6-7-13-17(16)19(14-8-2-3-9-14)15-10-4-5-11-15;1-2;/h6-7,12-15H,2-5,8-11H2,1H3;1H2;/q;-1;/p+1. The van der Waals surface area contributed by atoms with Crippen LogP contribution in [0.15, 0.2) is 24.3 Å². The Morgan fingerprint density at radius 2 is 1.41 bits per heavy atom. The molecule has 0 unspecified atom stereocenters. The first-order valence-electron chi connectivity index (χ1n) is 8.17. The van der Waals surface area contributed by atoms with Gasteiger partial charge in [0.2, 0.25) is 0 Å². The maximum absolute atomic E-state index is 5.67. The zero-order chi connectivity index (χ0) is 15.1. The van der Waals surface area contributed by atoms with Gasteiger partial charge >= 0.3 is 0 Å². The van der Waals surface area contributed by atoms with Crippen LogP contribution in [0.1, 0.15) is 51.4 Å². The monoisotopic (exact) mass is 432 g/mol. The van der Waals surface area contributed by atoms with Crippen molar-refractivity contribution >= 4 is 24.8 Å². The average molecular weight is 433 g/mol. The van der Waals surface area contributed by atoms with Gasteiger partial charge in [0, 0.05) is 28.3 Å². The molecule has 22 heavy (non-hydrogen) atoms. The minimum Gasteiger partial charge on any atom is -0.493 e. The van der Waals surface area contributed by atoms with Crippen LogP contribution in [0.3, 0.4) is 0 Å². The fourth-order valence-corrected chi connectivity index (χ4v) is 8.50. The number of para-hydroxylation sites is 1. The third kappa shape index (κ3) is 4.95. The van der Waals surface area contributed by atoms with E-state index < -0.39 is 7.92 Å². The van der Waals surface area contributed by atoms with E-state index in [1.54, 1.807) is 5.30 Å². The molecule has 0 radical (unpaired) electrons. The molecule has 2 saturated carbocycles. The van der Waals surface area contributed by atoms with Crippen molar-refractivity contribution in [2.45, 2.75) is 62.7 Å². The molecule has 0 aromatic heterocycles. The summed E-state index contributed by atoms with van der Waals surface area (Å²) in [4.78, 5) is 0. The first kappa shape index (κ1) is 20.4. The Balaban J connectivity index is 0.000000775. The molecular weight excluding hydrogens is 405 g/mol. The Morgan fingerprint density at radius 3 is 1.86 bits per heavy atom. The van der Waals surface area contributed by atoms with Gasteiger partial charge in [0.15, 0.2) is 5.75 Å². The van der Waals surface area contributed by atoms with Crippen molar-refractivity contribution in [3.8, 4) is 5.75 Å². The van der Waals surface area contributed by atoms with Crippen LogP contribution in [-0.4, -0.2) is 18.4 Å². The van der Waals surface area contributed by atoms with E-state index in [2.05, 4.69) is 42.2 Å². The van der Waals surface area contributed by atoms with Crippen molar-refractivity contribution < 1.29 is 25.2 Å². The molecule has 4 heteroatoms. The van der Waals surface area contributed by atoms with Crippen molar-refractivity contribution in [3.63, 3.8) is 0 Å². The van der Waals surface area contributed by atoms with Crippen molar-refractivity contribution in [1.29, 1.82) is 0 Å². The van der Waals surface area contributed by atoms with Crippen molar-refractivity contribution in [1.82, 2.24) is 0 Å². The van der Waals surface area contributed by atoms with E-state index in [9.17, 15) is 0 Å². The summed E-state index contributed by atoms with van der Waals surface area (Å²) in [5, 5.41) is 1.59. The van der Waals surface area contributed by atoms with Crippen LogP contribution in [-0.2, 0) is 20.4 Å². The Hall–Kier alpha value is 0.402. The van der Waals surface area contributed by atoms with E-state index in [0.717, 1.165) is 17.1 Å². The van der Waals surface area contributed by atoms with E-state index in [1.165, 1.54) is 51.4 Å². The number of rotatable bonds is 4. The van der Waals surface area contributed by atoms with Crippen LogP contribution >= 0.6 is 19.5 Å². The van der Waals surface area contributed by atoms with Crippen LogP contribution in [0.25, 0.3) is 0 Å². The molecule has 0 N–H and O–H groups in total. The summed E-state index contributed by atoms with van der Waals surface area (Å²) in [6, 6.07) is 8.87. The van der Waals surface area contributed by atoms with E-state index in [1.807, 2.05) is 7.11 Å². The molecule has 0 spiro atoms. The van der Waals surface area contributed by atoms with Gasteiger partial charge in [-0.05, 0) is 63.5 Å². The third-order valence-electron chi connectivity index (χ3n) is 5.01. The van der Waals surface area contributed by atoms with E-state index in [4.69, 9.17) is 4.74 Å². The van der Waals surface area contributed by atoms with Crippen LogP contribution in [0, 0.1) is 6.38 Å². The molecule has 0 aliphatic heterocycles. The van der Waals surface area contributed by atoms with Gasteiger partial charge in [-0.3, -0.25) is 6.38 Å². The first-order valence-corrected chi connectivity index (χ1v) is 10.4. The molecule has 1 aromatic rings. The average Bonchev–Trinajstić information content (AvgIpc) is 3.24. The van der Waals surface area contributed by atoms with Gasteiger partial charge in [0.25, 0.3) is 0 Å². The quantitative estimate of drug-likeness (QED) is 0.350. The molecule has 128 valence electrons. The van der Waals surface area contributed by atoms with Gasteiger partial charge in [-0.2, -0.15) is 0 Å². The van der Waals surface area contributed by atoms with Gasteiger partial charge < -0.3 is 16.3 Å². The van der Waals surface area contributed by atoms with Gasteiger partial charge in [-0.1, -0.05) is 12.1 Å². The fourth-order valence-electron chi connectivity index (χ4n) is 4.13. The van der Waals surface area contributed by atoms with E-state index in [0.29, 0.717) is 0 Å². The molecule has 0 atom stereocenters. The molecule has 2 fully saturated rings. The second kappa shape index (κ2) is 11.0. The second-order valence-electron chi connectivity index (χ2n) is 6.12. The minimum atomic E-state index is -0.444. The molecule has 0 saturated heterocycles. The summed E-state index contributed by atoms with van der Waals surface area (Å²) < 4.78 is 5.67. The van der Waals surface area contributed by atoms with Crippen LogP contribution in [0.4, 0.5) is 0 Å². The molecule has 2 aliphatic rings. The van der Waals surface area contributed by atoms with Crippen LogP contribution < -0.4 is 10.0 Å². The molecule has 0 amide bonds. The Morgan fingerprint density at radius 1 is 0.955 bits per heavy atom. The third-order valence-corrected chi connectivity index (χ3v) is 8.96. The Bertz CT molecular complexity index is 401. The number of ether oxygens (including phenoxy) is 1. The number of benzene rings is 1. The van der Waals surface area contributed by atoms with Crippen molar-refractivity contribution in [2.75, 3.05) is 7.11 Å². The summed E-state index contributed by atoms with van der Waals surface area (Å²) in [5.41, 5.74) is 2.01. The molecular formula is C18H28ClOPPd. The largest absolute Gasteiger partial charge is 0.493 e. The summed E-state index contributed by atoms with van der Waals surface area (Å²) >= 11 is 4.39. The maximum Gasteiger partial charge on any atom is 0.160 e. The van der Waals surface area contributed by atoms with Crippen LogP contribution in [0.2, 0.25) is 0 Å². The Labute approximate surface area is 156 Å². The van der Waals surface area contributed by atoms with Crippen molar-refractivity contribution in [2.24, 2.45) is 0 Å². The molecule has 1 aromatic carbocycles. The first-order chi connectivity index (χ1) is 10.4. The van der Waals surface area contributed by atoms with E-state index in [-0.39, 0.29) is 20.4 Å². The summed E-state index contributed by atoms with van der Waals surface area (Å²) in [6.07, 6.45) is 14.5. The van der Waals surface area contributed by atoms with Crippen LogP contribution in [0.5, 0.6) is 5.75 Å². The predicted octanol–water partition coefficient (Wildman–Crippen LogP) is 5.43. The van der Waals surface area contributed by atoms with Gasteiger partial charge in [-0.25, -0.2) is 0 Å². The number of methoxy groups -OCH3 is 1. The molecule has 2 aliphatic carbocycles. The molecule has 0 heterocycles. The molecule has 0 bridgehead atoms. The van der Waals surface area contributed by atoms with Gasteiger partial charge in [-0.15, -0.1) is 0 Å². The topological polar surface area (TPSA) is 9.23 Å². The minimum absolute atomic E-state index is 0. The zero-order valence-corrected chi connectivity index (χ0v) is 16.7. The molecule has 3 rings (SSSR count). The summed E-state index contributed by atoms with van der Waals surface area (Å²) in [7, 11) is 1.39. The summed E-state index contributed by atoms with van der Waals surface area (Å²) in [5.74, 6) is 1.16. The number of halogens is 1. The van der Waals surface area contributed by atoms with Crippen molar-refractivity contribution in [3.05, 3.63) is 30.6 Å². The number of hydrogen-bond donors (Lipinski definition) is 0. The zero-order valence-electron chi connectivity index (χ0n) is 13.4. The SMILES string of the molecule is COc1ccccc1[PH+](C1CCCC1)C1CCCC1.[CH2-]Cl.[Pd]. The smallest absolute Gasteiger partial charge is 0.160 e. The maximum atomic E-state index is 5.67. The number of hydrogen-bond acceptors (Lipinski definition) is 1.